The molecule has 0 radical (unpaired) electrons. The molecule has 0 aliphatic carbocycles. The Labute approximate surface area is 130 Å². The Morgan fingerprint density at radius 1 is 1.14 bits per heavy atom. The molecule has 0 saturated carbocycles. The molecule has 2 atom stereocenters. The van der Waals surface area contributed by atoms with Gasteiger partial charge in [-0.2, -0.15) is 0 Å². The number of carbonyl (C=O) groups is 4. The molecule has 0 unspecified atom stereocenters. The summed E-state index contributed by atoms with van der Waals surface area (Å²) in [5.74, 6) is -2.10. The maximum atomic E-state index is 12.2. The number of ether oxygens (including phenoxy) is 1. The minimum atomic E-state index is -0.952. The zero-order chi connectivity index (χ0) is 17.5. The molecule has 0 rings (SSSR count). The van der Waals surface area contributed by atoms with Crippen LogP contribution in [0, 0.1) is 5.41 Å². The molecule has 8 heteroatoms. The van der Waals surface area contributed by atoms with Crippen molar-refractivity contribution in [1.82, 2.24) is 10.6 Å². The number of hydrogen-bond acceptors (Lipinski definition) is 5. The van der Waals surface area contributed by atoms with Gasteiger partial charge in [-0.15, -0.1) is 0 Å². The van der Waals surface area contributed by atoms with E-state index in [4.69, 9.17) is 5.73 Å². The van der Waals surface area contributed by atoms with Gasteiger partial charge in [-0.3, -0.25) is 14.4 Å². The first-order valence-corrected chi connectivity index (χ1v) is 6.96. The number of primary amides is 1. The Kier molecular flexibility index (Phi) is 7.55. The van der Waals surface area contributed by atoms with Crippen LogP contribution in [0.25, 0.3) is 0 Å². The zero-order valence-electron chi connectivity index (χ0n) is 13.7. The molecule has 0 saturated heterocycles. The third-order valence-electron chi connectivity index (χ3n) is 2.90. The number of esters is 1. The number of nitrogens with one attached hydrogen (secondary N) is 2. The number of amides is 3. The standard InChI is InChI=1S/C14H25N3O5/c1-8(12(20)22-5)16-11(19)9(6-7-10(15)18)17-13(21)14(2,3)4/h8-9H,6-7H2,1-5H3,(H2,15,18)(H,16,19)(H,17,21)/t8-,9+/m0/s1. The molecule has 0 aromatic heterocycles. The van der Waals surface area contributed by atoms with Crippen LogP contribution in [0.15, 0.2) is 0 Å². The van der Waals surface area contributed by atoms with Gasteiger partial charge in [-0.05, 0) is 13.3 Å². The summed E-state index contributed by atoms with van der Waals surface area (Å²) in [6.45, 7) is 6.55. The molecular weight excluding hydrogens is 290 g/mol. The summed E-state index contributed by atoms with van der Waals surface area (Å²) in [5.41, 5.74) is 4.38. The highest BCUT2D eigenvalue weighted by molar-refractivity contribution is 5.92. The lowest BCUT2D eigenvalue weighted by atomic mass is 9.94. The molecule has 0 fully saturated rings. The number of carbonyl (C=O) groups excluding carboxylic acids is 4. The highest BCUT2D eigenvalue weighted by Gasteiger charge is 2.29. The van der Waals surface area contributed by atoms with E-state index in [2.05, 4.69) is 15.4 Å². The highest BCUT2D eigenvalue weighted by Crippen LogP contribution is 2.13. The van der Waals surface area contributed by atoms with Gasteiger partial charge in [0, 0.05) is 11.8 Å². The monoisotopic (exact) mass is 315 g/mol. The van der Waals surface area contributed by atoms with Crippen molar-refractivity contribution in [3.05, 3.63) is 0 Å². The van der Waals surface area contributed by atoms with E-state index in [1.54, 1.807) is 20.8 Å². The predicted octanol–water partition coefficient (Wildman–Crippen LogP) is -0.539. The smallest absolute Gasteiger partial charge is 0.328 e. The van der Waals surface area contributed by atoms with E-state index in [1.807, 2.05) is 0 Å². The molecule has 22 heavy (non-hydrogen) atoms. The molecule has 0 bridgehead atoms. The molecule has 0 aliphatic heterocycles. The number of methoxy groups -OCH3 is 1. The largest absolute Gasteiger partial charge is 0.467 e. The van der Waals surface area contributed by atoms with Crippen molar-refractivity contribution in [1.29, 1.82) is 0 Å². The second-order valence-electron chi connectivity index (χ2n) is 6.03. The van der Waals surface area contributed by atoms with Gasteiger partial charge in [-0.25, -0.2) is 4.79 Å². The topological polar surface area (TPSA) is 128 Å². The van der Waals surface area contributed by atoms with Crippen molar-refractivity contribution in [3.63, 3.8) is 0 Å². The lowest BCUT2D eigenvalue weighted by Crippen LogP contribution is -2.53. The van der Waals surface area contributed by atoms with E-state index in [9.17, 15) is 19.2 Å². The van der Waals surface area contributed by atoms with E-state index in [-0.39, 0.29) is 18.7 Å². The minimum Gasteiger partial charge on any atom is -0.467 e. The zero-order valence-corrected chi connectivity index (χ0v) is 13.7. The Balaban J connectivity index is 4.90. The maximum Gasteiger partial charge on any atom is 0.328 e. The van der Waals surface area contributed by atoms with Gasteiger partial charge in [0.1, 0.15) is 12.1 Å². The van der Waals surface area contributed by atoms with Crippen LogP contribution in [0.3, 0.4) is 0 Å². The SMILES string of the molecule is COC(=O)[C@H](C)NC(=O)[C@@H](CCC(N)=O)NC(=O)C(C)(C)C. The Hall–Kier alpha value is -2.12. The van der Waals surface area contributed by atoms with Crippen molar-refractivity contribution in [2.75, 3.05) is 7.11 Å². The summed E-state index contributed by atoms with van der Waals surface area (Å²) in [6, 6.07) is -1.81. The lowest BCUT2D eigenvalue weighted by Gasteiger charge is -2.24. The van der Waals surface area contributed by atoms with Crippen LogP contribution < -0.4 is 16.4 Å². The first-order chi connectivity index (χ1) is 9.98. The minimum absolute atomic E-state index is 0.0525. The number of hydrogen-bond donors (Lipinski definition) is 3. The van der Waals surface area contributed by atoms with Crippen molar-refractivity contribution < 1.29 is 23.9 Å². The van der Waals surface area contributed by atoms with Crippen LogP contribution in [-0.4, -0.2) is 42.9 Å². The van der Waals surface area contributed by atoms with Gasteiger partial charge in [-0.1, -0.05) is 20.8 Å². The summed E-state index contributed by atoms with van der Waals surface area (Å²) < 4.78 is 4.51. The third kappa shape index (κ3) is 7.05. The van der Waals surface area contributed by atoms with E-state index < -0.39 is 35.3 Å². The van der Waals surface area contributed by atoms with Gasteiger partial charge >= 0.3 is 5.97 Å². The Morgan fingerprint density at radius 3 is 2.09 bits per heavy atom. The number of nitrogens with two attached hydrogens (primary N) is 1. The van der Waals surface area contributed by atoms with Crippen LogP contribution >= 0.6 is 0 Å². The highest BCUT2D eigenvalue weighted by atomic mass is 16.5. The van der Waals surface area contributed by atoms with Gasteiger partial charge in [0.15, 0.2) is 0 Å². The lowest BCUT2D eigenvalue weighted by molar-refractivity contribution is -0.145. The molecule has 0 aliphatic rings. The predicted molar refractivity (Wildman–Crippen MR) is 79.4 cm³/mol. The second kappa shape index (κ2) is 8.35. The van der Waals surface area contributed by atoms with Gasteiger partial charge in [0.05, 0.1) is 7.11 Å². The molecule has 8 nitrogen and oxygen atoms in total. The van der Waals surface area contributed by atoms with Crippen LogP contribution in [0.5, 0.6) is 0 Å². The maximum absolute atomic E-state index is 12.2. The fourth-order valence-electron chi connectivity index (χ4n) is 1.48. The molecular formula is C14H25N3O5. The third-order valence-corrected chi connectivity index (χ3v) is 2.90. The van der Waals surface area contributed by atoms with E-state index in [0.717, 1.165) is 0 Å². The Morgan fingerprint density at radius 2 is 1.68 bits per heavy atom. The molecule has 0 aromatic rings. The fraction of sp³-hybridized carbons (Fsp3) is 0.714. The van der Waals surface area contributed by atoms with E-state index in [1.165, 1.54) is 14.0 Å². The average Bonchev–Trinajstić information content (AvgIpc) is 2.40. The molecule has 3 amide bonds. The van der Waals surface area contributed by atoms with Crippen LogP contribution in [0.2, 0.25) is 0 Å². The van der Waals surface area contributed by atoms with Crippen molar-refractivity contribution in [3.8, 4) is 0 Å². The van der Waals surface area contributed by atoms with Gasteiger partial charge < -0.3 is 21.1 Å². The summed E-state index contributed by atoms with van der Waals surface area (Å²) in [6.07, 6.45) is -0.00794. The quantitative estimate of drug-likeness (QED) is 0.544. The Bertz CT molecular complexity index is 442. The average molecular weight is 315 g/mol. The van der Waals surface area contributed by atoms with Gasteiger partial charge in [0.2, 0.25) is 17.7 Å². The van der Waals surface area contributed by atoms with Crippen LogP contribution in [0.4, 0.5) is 0 Å². The van der Waals surface area contributed by atoms with Gasteiger partial charge in [0.25, 0.3) is 0 Å². The van der Waals surface area contributed by atoms with E-state index in [0.29, 0.717) is 0 Å². The molecule has 4 N–H and O–H groups in total. The summed E-state index contributed by atoms with van der Waals surface area (Å²) in [7, 11) is 1.21. The molecule has 0 spiro atoms. The first-order valence-electron chi connectivity index (χ1n) is 6.96. The summed E-state index contributed by atoms with van der Waals surface area (Å²) >= 11 is 0. The van der Waals surface area contributed by atoms with Crippen LogP contribution in [-0.2, 0) is 23.9 Å². The van der Waals surface area contributed by atoms with Crippen molar-refractivity contribution in [2.24, 2.45) is 11.1 Å². The summed E-state index contributed by atoms with van der Waals surface area (Å²) in [4.78, 5) is 46.4. The molecule has 126 valence electrons. The fourth-order valence-corrected chi connectivity index (χ4v) is 1.48. The first kappa shape index (κ1) is 19.9. The normalized spacial score (nSPS) is 13.7. The second-order valence-corrected chi connectivity index (χ2v) is 6.03. The molecule has 0 aromatic carbocycles. The van der Waals surface area contributed by atoms with E-state index >= 15 is 0 Å². The van der Waals surface area contributed by atoms with Crippen molar-refractivity contribution in [2.45, 2.75) is 52.6 Å². The summed E-state index contributed by atoms with van der Waals surface area (Å²) in [5, 5.41) is 4.99. The number of rotatable bonds is 7. The van der Waals surface area contributed by atoms with Crippen molar-refractivity contribution >= 4 is 23.7 Å². The molecule has 0 heterocycles. The van der Waals surface area contributed by atoms with Crippen LogP contribution in [0.1, 0.15) is 40.5 Å².